The van der Waals surface area contributed by atoms with Gasteiger partial charge >= 0.3 is 0 Å². The first kappa shape index (κ1) is 12.8. The Bertz CT molecular complexity index is 462. The van der Waals surface area contributed by atoms with Gasteiger partial charge in [-0.2, -0.15) is 0 Å². The standard InChI is InChI=1S/C16H20N2/c1-3-14-7-9-15(10-8-14)12-18-13(2)16-6-4-5-11-17-16/h4-11,13,18H,3,12H2,1-2H3/t13-/m0/s1. The minimum absolute atomic E-state index is 0.275. The molecule has 0 spiro atoms. The molecule has 0 fully saturated rings. The molecule has 1 heterocycles. The van der Waals surface area contributed by atoms with E-state index in [-0.39, 0.29) is 6.04 Å². The molecule has 0 unspecified atom stereocenters. The number of pyridine rings is 1. The van der Waals surface area contributed by atoms with Crippen molar-refractivity contribution in [3.63, 3.8) is 0 Å². The van der Waals surface area contributed by atoms with E-state index in [1.807, 2.05) is 18.3 Å². The molecule has 1 aromatic carbocycles. The largest absolute Gasteiger partial charge is 0.305 e. The lowest BCUT2D eigenvalue weighted by atomic mass is 10.1. The van der Waals surface area contributed by atoms with E-state index in [0.717, 1.165) is 18.7 Å². The van der Waals surface area contributed by atoms with Crippen molar-refractivity contribution in [3.05, 3.63) is 65.5 Å². The van der Waals surface area contributed by atoms with Crippen LogP contribution in [0.25, 0.3) is 0 Å². The Morgan fingerprint density at radius 2 is 1.78 bits per heavy atom. The van der Waals surface area contributed by atoms with Crippen molar-refractivity contribution in [2.75, 3.05) is 0 Å². The molecule has 0 aliphatic carbocycles. The molecule has 0 saturated carbocycles. The van der Waals surface area contributed by atoms with E-state index in [1.165, 1.54) is 11.1 Å². The number of rotatable bonds is 5. The predicted octanol–water partition coefficient (Wildman–Crippen LogP) is 3.49. The average Bonchev–Trinajstić information content (AvgIpc) is 2.46. The number of nitrogens with one attached hydrogen (secondary N) is 1. The molecule has 2 heteroatoms. The minimum Gasteiger partial charge on any atom is -0.305 e. The van der Waals surface area contributed by atoms with Gasteiger partial charge in [-0.1, -0.05) is 37.3 Å². The van der Waals surface area contributed by atoms with Crippen molar-refractivity contribution in [2.45, 2.75) is 32.9 Å². The number of hydrogen-bond acceptors (Lipinski definition) is 2. The Hall–Kier alpha value is -1.67. The Morgan fingerprint density at radius 1 is 1.06 bits per heavy atom. The fraction of sp³-hybridized carbons (Fsp3) is 0.312. The molecule has 1 N–H and O–H groups in total. The zero-order chi connectivity index (χ0) is 12.8. The van der Waals surface area contributed by atoms with Crippen LogP contribution in [0.1, 0.15) is 36.7 Å². The molecule has 2 nitrogen and oxygen atoms in total. The Kier molecular flexibility index (Phi) is 4.48. The SMILES string of the molecule is CCc1ccc(CN[C@@H](C)c2ccccn2)cc1. The molecular formula is C16H20N2. The maximum Gasteiger partial charge on any atom is 0.0570 e. The molecule has 0 amide bonds. The number of hydrogen-bond donors (Lipinski definition) is 1. The lowest BCUT2D eigenvalue weighted by molar-refractivity contribution is 0.561. The van der Waals surface area contributed by atoms with Gasteiger partial charge in [0.1, 0.15) is 0 Å². The van der Waals surface area contributed by atoms with Gasteiger partial charge in [-0.15, -0.1) is 0 Å². The van der Waals surface area contributed by atoms with Crippen LogP contribution >= 0.6 is 0 Å². The molecule has 0 saturated heterocycles. The first-order chi connectivity index (χ1) is 8.79. The summed E-state index contributed by atoms with van der Waals surface area (Å²) >= 11 is 0. The van der Waals surface area contributed by atoms with E-state index < -0.39 is 0 Å². The van der Waals surface area contributed by atoms with Crippen LogP contribution < -0.4 is 5.32 Å². The van der Waals surface area contributed by atoms with Crippen molar-refractivity contribution in [1.82, 2.24) is 10.3 Å². The molecule has 0 aliphatic heterocycles. The van der Waals surface area contributed by atoms with E-state index in [0.29, 0.717) is 0 Å². The Balaban J connectivity index is 1.91. The van der Waals surface area contributed by atoms with Gasteiger partial charge in [0, 0.05) is 18.8 Å². The van der Waals surface area contributed by atoms with Crippen molar-refractivity contribution in [1.29, 1.82) is 0 Å². The second-order valence-corrected chi connectivity index (χ2v) is 4.53. The lowest BCUT2D eigenvalue weighted by Crippen LogP contribution is -2.18. The van der Waals surface area contributed by atoms with Gasteiger partial charge in [-0.05, 0) is 36.6 Å². The van der Waals surface area contributed by atoms with Crippen LogP contribution in [0.3, 0.4) is 0 Å². The summed E-state index contributed by atoms with van der Waals surface area (Å²) in [4.78, 5) is 4.36. The third-order valence-electron chi connectivity index (χ3n) is 3.18. The topological polar surface area (TPSA) is 24.9 Å². The lowest BCUT2D eigenvalue weighted by Gasteiger charge is -2.13. The van der Waals surface area contributed by atoms with Gasteiger partial charge in [-0.25, -0.2) is 0 Å². The summed E-state index contributed by atoms with van der Waals surface area (Å²) < 4.78 is 0. The van der Waals surface area contributed by atoms with Crippen LogP contribution in [0.4, 0.5) is 0 Å². The molecule has 18 heavy (non-hydrogen) atoms. The van der Waals surface area contributed by atoms with Crippen LogP contribution in [0, 0.1) is 0 Å². The van der Waals surface area contributed by atoms with Crippen LogP contribution in [0.15, 0.2) is 48.7 Å². The van der Waals surface area contributed by atoms with E-state index in [9.17, 15) is 0 Å². The summed E-state index contributed by atoms with van der Waals surface area (Å²) in [6, 6.07) is 15.1. The number of aryl methyl sites for hydroxylation is 1. The monoisotopic (exact) mass is 240 g/mol. The number of nitrogens with zero attached hydrogens (tertiary/aromatic N) is 1. The number of aromatic nitrogens is 1. The quantitative estimate of drug-likeness (QED) is 0.865. The fourth-order valence-corrected chi connectivity index (χ4v) is 1.90. The predicted molar refractivity (Wildman–Crippen MR) is 75.3 cm³/mol. The second-order valence-electron chi connectivity index (χ2n) is 4.53. The van der Waals surface area contributed by atoms with Crippen molar-refractivity contribution < 1.29 is 0 Å². The van der Waals surface area contributed by atoms with Crippen LogP contribution in [-0.4, -0.2) is 4.98 Å². The van der Waals surface area contributed by atoms with E-state index in [1.54, 1.807) is 0 Å². The Labute approximate surface area is 109 Å². The van der Waals surface area contributed by atoms with Crippen molar-refractivity contribution in [3.8, 4) is 0 Å². The summed E-state index contributed by atoms with van der Waals surface area (Å²) in [7, 11) is 0. The first-order valence-electron chi connectivity index (χ1n) is 6.51. The second kappa shape index (κ2) is 6.31. The molecule has 1 aromatic heterocycles. The third-order valence-corrected chi connectivity index (χ3v) is 3.18. The highest BCUT2D eigenvalue weighted by molar-refractivity contribution is 5.22. The summed E-state index contributed by atoms with van der Waals surface area (Å²) in [6.07, 6.45) is 2.93. The highest BCUT2D eigenvalue weighted by Gasteiger charge is 2.04. The molecule has 2 aromatic rings. The first-order valence-corrected chi connectivity index (χ1v) is 6.51. The molecule has 94 valence electrons. The minimum atomic E-state index is 0.275. The smallest absolute Gasteiger partial charge is 0.0570 e. The summed E-state index contributed by atoms with van der Waals surface area (Å²) in [5.41, 5.74) is 3.79. The van der Waals surface area contributed by atoms with Gasteiger partial charge in [0.25, 0.3) is 0 Å². The zero-order valence-electron chi connectivity index (χ0n) is 11.1. The third kappa shape index (κ3) is 3.41. The molecule has 0 radical (unpaired) electrons. The van der Waals surface area contributed by atoms with Gasteiger partial charge in [-0.3, -0.25) is 4.98 Å². The molecule has 0 aliphatic rings. The number of benzene rings is 1. The molecule has 0 bridgehead atoms. The Morgan fingerprint density at radius 3 is 2.39 bits per heavy atom. The normalized spacial score (nSPS) is 12.3. The van der Waals surface area contributed by atoms with Crippen LogP contribution in [0.5, 0.6) is 0 Å². The zero-order valence-corrected chi connectivity index (χ0v) is 11.1. The maximum atomic E-state index is 4.36. The van der Waals surface area contributed by atoms with Gasteiger partial charge < -0.3 is 5.32 Å². The average molecular weight is 240 g/mol. The van der Waals surface area contributed by atoms with E-state index in [2.05, 4.69) is 54.5 Å². The molecular weight excluding hydrogens is 220 g/mol. The summed E-state index contributed by atoms with van der Waals surface area (Å²) in [6.45, 7) is 5.20. The highest BCUT2D eigenvalue weighted by Crippen LogP contribution is 2.10. The highest BCUT2D eigenvalue weighted by atomic mass is 14.9. The van der Waals surface area contributed by atoms with E-state index >= 15 is 0 Å². The maximum absolute atomic E-state index is 4.36. The van der Waals surface area contributed by atoms with E-state index in [4.69, 9.17) is 0 Å². The fourth-order valence-electron chi connectivity index (χ4n) is 1.90. The molecule has 2 rings (SSSR count). The summed E-state index contributed by atoms with van der Waals surface area (Å²) in [5, 5.41) is 3.49. The van der Waals surface area contributed by atoms with Crippen LogP contribution in [0.2, 0.25) is 0 Å². The van der Waals surface area contributed by atoms with Gasteiger partial charge in [0.2, 0.25) is 0 Å². The van der Waals surface area contributed by atoms with Crippen molar-refractivity contribution in [2.24, 2.45) is 0 Å². The van der Waals surface area contributed by atoms with Gasteiger partial charge in [0.05, 0.1) is 5.69 Å². The van der Waals surface area contributed by atoms with Gasteiger partial charge in [0.15, 0.2) is 0 Å². The molecule has 1 atom stereocenters. The van der Waals surface area contributed by atoms with Crippen LogP contribution in [-0.2, 0) is 13.0 Å². The van der Waals surface area contributed by atoms with Crippen molar-refractivity contribution >= 4 is 0 Å². The summed E-state index contributed by atoms with van der Waals surface area (Å²) in [5.74, 6) is 0.